The van der Waals surface area contributed by atoms with Crippen molar-refractivity contribution in [3.05, 3.63) is 59.0 Å². The molecule has 3 nitrogen and oxygen atoms in total. The van der Waals surface area contributed by atoms with Crippen LogP contribution in [-0.2, 0) is 12.6 Å². The number of carbonyl (C=O) groups excluding carboxylic acids is 1. The zero-order valence-corrected chi connectivity index (χ0v) is 11.3. The molecular weight excluding hydrogens is 283 g/mol. The van der Waals surface area contributed by atoms with Crippen molar-refractivity contribution in [1.29, 1.82) is 0 Å². The van der Waals surface area contributed by atoms with Gasteiger partial charge < -0.3 is 9.73 Å². The third-order valence-electron chi connectivity index (χ3n) is 3.08. The van der Waals surface area contributed by atoms with Gasteiger partial charge in [-0.25, -0.2) is 0 Å². The Kier molecular flexibility index (Phi) is 4.35. The van der Waals surface area contributed by atoms with Crippen LogP contribution in [0.2, 0.25) is 0 Å². The van der Waals surface area contributed by atoms with Gasteiger partial charge in [0.1, 0.15) is 5.76 Å². The monoisotopic (exact) mass is 297 g/mol. The smallest absolute Gasteiger partial charge is 0.416 e. The third kappa shape index (κ3) is 3.87. The van der Waals surface area contributed by atoms with E-state index in [0.717, 1.165) is 17.7 Å². The molecule has 0 saturated heterocycles. The van der Waals surface area contributed by atoms with E-state index in [1.54, 1.807) is 13.0 Å². The molecule has 0 aliphatic carbocycles. The molecule has 0 fully saturated rings. The maximum Gasteiger partial charge on any atom is 0.416 e. The van der Waals surface area contributed by atoms with Crippen molar-refractivity contribution in [3.63, 3.8) is 0 Å². The molecule has 0 radical (unpaired) electrons. The molecule has 0 aliphatic rings. The second-order valence-electron chi connectivity index (χ2n) is 4.59. The van der Waals surface area contributed by atoms with Crippen LogP contribution >= 0.6 is 0 Å². The summed E-state index contributed by atoms with van der Waals surface area (Å²) >= 11 is 0. The first kappa shape index (κ1) is 15.2. The van der Waals surface area contributed by atoms with Crippen LogP contribution in [0.1, 0.15) is 27.2 Å². The summed E-state index contributed by atoms with van der Waals surface area (Å²) in [5.74, 6) is 0.273. The van der Waals surface area contributed by atoms with Gasteiger partial charge >= 0.3 is 6.18 Å². The van der Waals surface area contributed by atoms with Gasteiger partial charge in [0, 0.05) is 6.54 Å². The molecule has 0 spiro atoms. The van der Waals surface area contributed by atoms with E-state index >= 15 is 0 Å². The lowest BCUT2D eigenvalue weighted by Gasteiger charge is -2.08. The lowest BCUT2D eigenvalue weighted by molar-refractivity contribution is -0.137. The first-order valence-corrected chi connectivity index (χ1v) is 6.36. The van der Waals surface area contributed by atoms with Gasteiger partial charge in [-0.05, 0) is 37.1 Å². The van der Waals surface area contributed by atoms with Crippen molar-refractivity contribution in [2.24, 2.45) is 0 Å². The van der Waals surface area contributed by atoms with Gasteiger partial charge in [0.2, 0.25) is 0 Å². The lowest BCUT2D eigenvalue weighted by atomic mass is 10.1. The van der Waals surface area contributed by atoms with E-state index in [1.165, 1.54) is 18.4 Å². The van der Waals surface area contributed by atoms with Crippen LogP contribution in [0, 0.1) is 6.92 Å². The topological polar surface area (TPSA) is 42.2 Å². The van der Waals surface area contributed by atoms with Crippen LogP contribution in [0.15, 0.2) is 41.0 Å². The Morgan fingerprint density at radius 2 is 1.86 bits per heavy atom. The van der Waals surface area contributed by atoms with Crippen molar-refractivity contribution in [2.75, 3.05) is 6.54 Å². The first-order chi connectivity index (χ1) is 9.88. The fourth-order valence-electron chi connectivity index (χ4n) is 1.90. The van der Waals surface area contributed by atoms with Gasteiger partial charge in [-0.2, -0.15) is 13.2 Å². The highest BCUT2D eigenvalue weighted by Gasteiger charge is 2.29. The predicted octanol–water partition coefficient (Wildman–Crippen LogP) is 3.58. The highest BCUT2D eigenvalue weighted by atomic mass is 19.4. The number of halogens is 3. The zero-order valence-electron chi connectivity index (χ0n) is 11.3. The average Bonchev–Trinajstić information content (AvgIpc) is 2.84. The molecule has 0 bridgehead atoms. The van der Waals surface area contributed by atoms with Crippen LogP contribution in [0.5, 0.6) is 0 Å². The van der Waals surface area contributed by atoms with Crippen LogP contribution in [-0.4, -0.2) is 12.5 Å². The van der Waals surface area contributed by atoms with Crippen LogP contribution in [0.4, 0.5) is 13.2 Å². The molecule has 2 rings (SSSR count). The Balaban J connectivity index is 1.87. The molecule has 0 saturated carbocycles. The minimum atomic E-state index is -4.33. The predicted molar refractivity (Wildman–Crippen MR) is 70.9 cm³/mol. The number of furan rings is 1. The van der Waals surface area contributed by atoms with Gasteiger partial charge in [0.15, 0.2) is 0 Å². The first-order valence-electron chi connectivity index (χ1n) is 6.36. The van der Waals surface area contributed by atoms with Crippen molar-refractivity contribution < 1.29 is 22.4 Å². The molecule has 1 amide bonds. The second-order valence-corrected chi connectivity index (χ2v) is 4.59. The van der Waals surface area contributed by atoms with Crippen LogP contribution in [0.3, 0.4) is 0 Å². The zero-order chi connectivity index (χ0) is 15.5. The second kappa shape index (κ2) is 6.03. The van der Waals surface area contributed by atoms with E-state index in [9.17, 15) is 18.0 Å². The Morgan fingerprint density at radius 1 is 1.19 bits per heavy atom. The Hall–Kier alpha value is -2.24. The molecule has 112 valence electrons. The number of rotatable bonds is 4. The van der Waals surface area contributed by atoms with Crippen molar-refractivity contribution >= 4 is 5.91 Å². The molecule has 0 unspecified atom stereocenters. The average molecular weight is 297 g/mol. The molecule has 0 aliphatic heterocycles. The number of aryl methyl sites for hydroxylation is 1. The highest BCUT2D eigenvalue weighted by molar-refractivity contribution is 5.94. The molecule has 0 atom stereocenters. The maximum absolute atomic E-state index is 12.4. The summed E-state index contributed by atoms with van der Waals surface area (Å²) in [7, 11) is 0. The standard InChI is InChI=1S/C15H14F3NO2/c1-10-13(7-9-21-10)14(20)19-8-6-11-2-4-12(5-3-11)15(16,17)18/h2-5,7,9H,6,8H2,1H3,(H,19,20). The normalized spacial score (nSPS) is 11.4. The highest BCUT2D eigenvalue weighted by Crippen LogP contribution is 2.29. The van der Waals surface area contributed by atoms with Crippen molar-refractivity contribution in [2.45, 2.75) is 19.5 Å². The number of hydrogen-bond donors (Lipinski definition) is 1. The Labute approximate surface area is 119 Å². The number of alkyl halides is 3. The molecule has 1 N–H and O–H groups in total. The fraction of sp³-hybridized carbons (Fsp3) is 0.267. The summed E-state index contributed by atoms with van der Waals surface area (Å²) in [5.41, 5.74) is 0.513. The van der Waals surface area contributed by atoms with E-state index in [0.29, 0.717) is 24.3 Å². The quantitative estimate of drug-likeness (QED) is 0.937. The van der Waals surface area contributed by atoms with Crippen molar-refractivity contribution in [1.82, 2.24) is 5.32 Å². The van der Waals surface area contributed by atoms with Crippen molar-refractivity contribution in [3.8, 4) is 0 Å². The maximum atomic E-state index is 12.4. The molecule has 1 aromatic carbocycles. The summed E-state index contributed by atoms with van der Waals surface area (Å²) in [6.07, 6.45) is -2.44. The number of nitrogens with one attached hydrogen (secondary N) is 1. The number of carbonyl (C=O) groups is 1. The summed E-state index contributed by atoms with van der Waals surface area (Å²) in [5, 5.41) is 2.70. The molecule has 2 aromatic rings. The molecule has 21 heavy (non-hydrogen) atoms. The SMILES string of the molecule is Cc1occc1C(=O)NCCc1ccc(C(F)(F)F)cc1. The van der Waals surface area contributed by atoms with E-state index < -0.39 is 11.7 Å². The number of benzene rings is 1. The number of amides is 1. The van der Waals surface area contributed by atoms with Gasteiger partial charge in [0.05, 0.1) is 17.4 Å². The summed E-state index contributed by atoms with van der Waals surface area (Å²) < 4.78 is 42.2. The Morgan fingerprint density at radius 3 is 2.38 bits per heavy atom. The minimum Gasteiger partial charge on any atom is -0.469 e. The molecule has 1 heterocycles. The number of hydrogen-bond acceptors (Lipinski definition) is 2. The van der Waals surface area contributed by atoms with Gasteiger partial charge in [-0.1, -0.05) is 12.1 Å². The summed E-state index contributed by atoms with van der Waals surface area (Å²) in [4.78, 5) is 11.8. The van der Waals surface area contributed by atoms with E-state index in [4.69, 9.17) is 4.42 Å². The third-order valence-corrected chi connectivity index (χ3v) is 3.08. The van der Waals surface area contributed by atoms with E-state index in [1.807, 2.05) is 0 Å². The van der Waals surface area contributed by atoms with E-state index in [-0.39, 0.29) is 5.91 Å². The fourth-order valence-corrected chi connectivity index (χ4v) is 1.90. The Bertz CT molecular complexity index is 615. The largest absolute Gasteiger partial charge is 0.469 e. The summed E-state index contributed by atoms with van der Waals surface area (Å²) in [6.45, 7) is 2.03. The molecule has 1 aromatic heterocycles. The van der Waals surface area contributed by atoms with Gasteiger partial charge in [0.25, 0.3) is 5.91 Å². The minimum absolute atomic E-state index is 0.256. The van der Waals surface area contributed by atoms with Crippen LogP contribution < -0.4 is 5.32 Å². The van der Waals surface area contributed by atoms with E-state index in [2.05, 4.69) is 5.32 Å². The molecular formula is C15H14F3NO2. The van der Waals surface area contributed by atoms with Gasteiger partial charge in [-0.15, -0.1) is 0 Å². The molecule has 6 heteroatoms. The summed E-state index contributed by atoms with van der Waals surface area (Å²) in [6, 6.07) is 6.48. The van der Waals surface area contributed by atoms with Crippen LogP contribution in [0.25, 0.3) is 0 Å². The lowest BCUT2D eigenvalue weighted by Crippen LogP contribution is -2.25. The van der Waals surface area contributed by atoms with Gasteiger partial charge in [-0.3, -0.25) is 4.79 Å².